The Labute approximate surface area is 125 Å². The third-order valence-electron chi connectivity index (χ3n) is 4.19. The van der Waals surface area contributed by atoms with Gasteiger partial charge in [-0.3, -0.25) is 0 Å². The molecule has 112 valence electrons. The van der Waals surface area contributed by atoms with E-state index < -0.39 is 0 Å². The van der Waals surface area contributed by atoms with E-state index in [0.29, 0.717) is 5.92 Å². The van der Waals surface area contributed by atoms with E-state index in [1.54, 1.807) is 0 Å². The molecule has 1 aliphatic heterocycles. The second-order valence-electron chi connectivity index (χ2n) is 5.41. The van der Waals surface area contributed by atoms with E-state index in [-0.39, 0.29) is 6.03 Å². The van der Waals surface area contributed by atoms with Gasteiger partial charge < -0.3 is 9.80 Å². The fourth-order valence-corrected chi connectivity index (χ4v) is 3.78. The summed E-state index contributed by atoms with van der Waals surface area (Å²) in [5.41, 5.74) is 1.16. The molecule has 0 radical (unpaired) electrons. The first-order chi connectivity index (χ1) is 9.56. The van der Waals surface area contributed by atoms with Crippen molar-refractivity contribution in [2.24, 2.45) is 0 Å². The normalized spacial score (nSPS) is 16.5. The Balaban J connectivity index is 1.93. The van der Waals surface area contributed by atoms with Crippen LogP contribution < -0.4 is 0 Å². The largest absolute Gasteiger partial charge is 0.325 e. The minimum absolute atomic E-state index is 0.194. The van der Waals surface area contributed by atoms with Crippen molar-refractivity contribution in [2.75, 3.05) is 26.2 Å². The molecule has 1 fully saturated rings. The number of piperidine rings is 1. The fraction of sp³-hybridized carbons (Fsp3) is 0.733. The number of carbonyl (C=O) groups excluding carboxylic acids is 1. The minimum Gasteiger partial charge on any atom is -0.325 e. The third kappa shape index (κ3) is 3.14. The molecule has 0 N–H and O–H groups in total. The standard InChI is InChI=1S/C15H25N3OS/c1-5-17(6-2)15(19)18-9-7-13(8-10-18)14-16-11(3)12(4)20-14/h13H,5-10H2,1-4H3. The Kier molecular flexibility index (Phi) is 5.02. The number of aryl methyl sites for hydroxylation is 2. The molecule has 1 aliphatic rings. The molecule has 1 saturated heterocycles. The maximum absolute atomic E-state index is 12.3. The summed E-state index contributed by atoms with van der Waals surface area (Å²) in [4.78, 5) is 22.2. The smallest absolute Gasteiger partial charge is 0.319 e. The molecule has 20 heavy (non-hydrogen) atoms. The Morgan fingerprint density at radius 3 is 2.35 bits per heavy atom. The molecule has 2 heterocycles. The van der Waals surface area contributed by atoms with Gasteiger partial charge in [-0.25, -0.2) is 9.78 Å². The molecule has 1 aromatic rings. The number of aromatic nitrogens is 1. The van der Waals surface area contributed by atoms with E-state index in [1.807, 2.05) is 35.0 Å². The topological polar surface area (TPSA) is 36.4 Å². The summed E-state index contributed by atoms with van der Waals surface area (Å²) in [7, 11) is 0. The summed E-state index contributed by atoms with van der Waals surface area (Å²) in [5, 5.41) is 1.26. The van der Waals surface area contributed by atoms with Crippen LogP contribution in [0.2, 0.25) is 0 Å². The molecule has 5 heteroatoms. The van der Waals surface area contributed by atoms with Crippen LogP contribution in [0.15, 0.2) is 0 Å². The van der Waals surface area contributed by atoms with Crippen molar-refractivity contribution in [3.8, 4) is 0 Å². The Hall–Kier alpha value is -1.10. The van der Waals surface area contributed by atoms with E-state index in [0.717, 1.165) is 44.7 Å². The Morgan fingerprint density at radius 1 is 1.30 bits per heavy atom. The summed E-state index contributed by atoms with van der Waals surface area (Å²) >= 11 is 1.82. The number of amides is 2. The third-order valence-corrected chi connectivity index (χ3v) is 5.43. The lowest BCUT2D eigenvalue weighted by atomic mass is 9.98. The predicted molar refractivity (Wildman–Crippen MR) is 83.5 cm³/mol. The molecule has 0 saturated carbocycles. The van der Waals surface area contributed by atoms with Crippen LogP contribution in [0.3, 0.4) is 0 Å². The van der Waals surface area contributed by atoms with Crippen LogP contribution in [0, 0.1) is 13.8 Å². The molecule has 0 aliphatic carbocycles. The van der Waals surface area contributed by atoms with Crippen molar-refractivity contribution >= 4 is 17.4 Å². The number of rotatable bonds is 3. The second kappa shape index (κ2) is 6.57. The van der Waals surface area contributed by atoms with Gasteiger partial charge in [0.25, 0.3) is 0 Å². The van der Waals surface area contributed by atoms with Crippen LogP contribution in [0.25, 0.3) is 0 Å². The van der Waals surface area contributed by atoms with E-state index in [9.17, 15) is 4.79 Å². The van der Waals surface area contributed by atoms with Crippen LogP contribution in [0.5, 0.6) is 0 Å². The van der Waals surface area contributed by atoms with Gasteiger partial charge >= 0.3 is 6.03 Å². The maximum atomic E-state index is 12.3. The molecule has 0 spiro atoms. The van der Waals surface area contributed by atoms with Crippen LogP contribution in [-0.4, -0.2) is 47.0 Å². The van der Waals surface area contributed by atoms with Crippen LogP contribution in [0.1, 0.15) is 48.2 Å². The van der Waals surface area contributed by atoms with Gasteiger partial charge in [-0.2, -0.15) is 0 Å². The van der Waals surface area contributed by atoms with Crippen molar-refractivity contribution in [2.45, 2.75) is 46.5 Å². The van der Waals surface area contributed by atoms with Crippen molar-refractivity contribution < 1.29 is 4.79 Å². The van der Waals surface area contributed by atoms with Crippen molar-refractivity contribution in [1.82, 2.24) is 14.8 Å². The lowest BCUT2D eigenvalue weighted by Gasteiger charge is -2.34. The maximum Gasteiger partial charge on any atom is 0.319 e. The van der Waals surface area contributed by atoms with E-state index >= 15 is 0 Å². The van der Waals surface area contributed by atoms with Crippen molar-refractivity contribution in [1.29, 1.82) is 0 Å². The van der Waals surface area contributed by atoms with Gasteiger partial charge in [0.15, 0.2) is 0 Å². The summed E-state index contributed by atoms with van der Waals surface area (Å²) < 4.78 is 0. The average Bonchev–Trinajstić information content (AvgIpc) is 2.80. The first kappa shape index (κ1) is 15.3. The highest BCUT2D eigenvalue weighted by Gasteiger charge is 2.27. The van der Waals surface area contributed by atoms with E-state index in [1.165, 1.54) is 9.88 Å². The van der Waals surface area contributed by atoms with E-state index in [2.05, 4.69) is 18.8 Å². The number of urea groups is 1. The first-order valence-corrected chi connectivity index (χ1v) is 8.36. The zero-order chi connectivity index (χ0) is 14.7. The molecular weight excluding hydrogens is 270 g/mol. The zero-order valence-electron chi connectivity index (χ0n) is 13.0. The second-order valence-corrected chi connectivity index (χ2v) is 6.64. The van der Waals surface area contributed by atoms with Crippen LogP contribution in [-0.2, 0) is 0 Å². The highest BCUT2D eigenvalue weighted by atomic mass is 32.1. The molecule has 0 aromatic carbocycles. The number of hydrogen-bond donors (Lipinski definition) is 0. The van der Waals surface area contributed by atoms with Crippen molar-refractivity contribution in [3.63, 3.8) is 0 Å². The lowest BCUT2D eigenvalue weighted by Crippen LogP contribution is -2.46. The summed E-state index contributed by atoms with van der Waals surface area (Å²) in [6.45, 7) is 11.6. The molecule has 0 unspecified atom stereocenters. The number of thiazole rings is 1. The van der Waals surface area contributed by atoms with Crippen LogP contribution >= 0.6 is 11.3 Å². The number of likely N-dealkylation sites (tertiary alicyclic amines) is 1. The van der Waals surface area contributed by atoms with Gasteiger partial charge in [-0.1, -0.05) is 0 Å². The first-order valence-electron chi connectivity index (χ1n) is 7.54. The van der Waals surface area contributed by atoms with E-state index in [4.69, 9.17) is 0 Å². The summed E-state index contributed by atoms with van der Waals surface area (Å²) in [5.74, 6) is 0.535. The summed E-state index contributed by atoms with van der Waals surface area (Å²) in [6, 6.07) is 0.194. The fourth-order valence-electron chi connectivity index (χ4n) is 2.68. The molecule has 1 aromatic heterocycles. The Morgan fingerprint density at radius 2 is 1.90 bits per heavy atom. The van der Waals surface area contributed by atoms with Crippen molar-refractivity contribution in [3.05, 3.63) is 15.6 Å². The predicted octanol–water partition coefficient (Wildman–Crippen LogP) is 3.40. The monoisotopic (exact) mass is 295 g/mol. The Bertz CT molecular complexity index is 440. The number of nitrogens with zero attached hydrogens (tertiary/aromatic N) is 3. The van der Waals surface area contributed by atoms with Gasteiger partial charge in [-0.15, -0.1) is 11.3 Å². The average molecular weight is 295 g/mol. The lowest BCUT2D eigenvalue weighted by molar-refractivity contribution is 0.144. The molecule has 0 atom stereocenters. The molecule has 4 nitrogen and oxygen atoms in total. The van der Waals surface area contributed by atoms with Crippen LogP contribution in [0.4, 0.5) is 4.79 Å². The van der Waals surface area contributed by atoms with Gasteiger partial charge in [0.1, 0.15) is 0 Å². The molecule has 2 amide bonds. The van der Waals surface area contributed by atoms with Gasteiger partial charge in [0.2, 0.25) is 0 Å². The molecule has 2 rings (SSSR count). The number of carbonyl (C=O) groups is 1. The highest BCUT2D eigenvalue weighted by Crippen LogP contribution is 2.32. The van der Waals surface area contributed by atoms with Gasteiger partial charge in [-0.05, 0) is 40.5 Å². The zero-order valence-corrected chi connectivity index (χ0v) is 13.8. The number of hydrogen-bond acceptors (Lipinski definition) is 3. The molecular formula is C15H25N3OS. The molecule has 0 bridgehead atoms. The van der Waals surface area contributed by atoms with Gasteiger partial charge in [0.05, 0.1) is 10.7 Å². The SMILES string of the molecule is CCN(CC)C(=O)N1CCC(c2nc(C)c(C)s2)CC1. The summed E-state index contributed by atoms with van der Waals surface area (Å²) in [6.07, 6.45) is 2.08. The minimum atomic E-state index is 0.194. The highest BCUT2D eigenvalue weighted by molar-refractivity contribution is 7.11. The quantitative estimate of drug-likeness (QED) is 0.857. The van der Waals surface area contributed by atoms with Gasteiger partial charge in [0, 0.05) is 37.0 Å².